The third-order valence-electron chi connectivity index (χ3n) is 3.44. The van der Waals surface area contributed by atoms with Crippen molar-refractivity contribution in [1.82, 2.24) is 0 Å². The minimum Gasteiger partial charge on any atom is -0.364 e. The molecule has 1 aliphatic rings. The Bertz CT molecular complexity index is 411. The second-order valence-corrected chi connectivity index (χ2v) is 4.97. The fourth-order valence-electron chi connectivity index (χ4n) is 2.34. The number of hydrogen-bond donors (Lipinski definition) is 1. The second-order valence-electron chi connectivity index (χ2n) is 4.97. The summed E-state index contributed by atoms with van der Waals surface area (Å²) in [5, 5.41) is 9.80. The van der Waals surface area contributed by atoms with Gasteiger partial charge in [-0.05, 0) is 42.4 Å². The highest BCUT2D eigenvalue weighted by atomic mass is 16.6. The van der Waals surface area contributed by atoms with Crippen LogP contribution in [0, 0.1) is 5.92 Å². The van der Waals surface area contributed by atoms with E-state index in [2.05, 4.69) is 31.7 Å². The number of benzene rings is 1. The summed E-state index contributed by atoms with van der Waals surface area (Å²) in [6.07, 6.45) is 1.31. The van der Waals surface area contributed by atoms with Crippen LogP contribution in [0.5, 0.6) is 0 Å². The molecule has 0 aliphatic heterocycles. The smallest absolute Gasteiger partial charge is 0.177 e. The van der Waals surface area contributed by atoms with Crippen LogP contribution < -0.4 is 0 Å². The molecule has 0 saturated carbocycles. The maximum Gasteiger partial charge on any atom is 0.177 e. The lowest BCUT2D eigenvalue weighted by Gasteiger charge is -2.33. The van der Waals surface area contributed by atoms with Gasteiger partial charge in [-0.3, -0.25) is 0 Å². The maximum atomic E-state index is 9.80. The Hall–Kier alpha value is -1.12. The highest BCUT2D eigenvalue weighted by Gasteiger charge is 2.28. The van der Waals surface area contributed by atoms with Gasteiger partial charge in [0.15, 0.2) is 6.29 Å². The first kappa shape index (κ1) is 12.3. The largest absolute Gasteiger partial charge is 0.364 e. The minimum atomic E-state index is -0.867. The molecule has 17 heavy (non-hydrogen) atoms. The zero-order chi connectivity index (χ0) is 12.4. The number of hydrogen-bond acceptors (Lipinski definition) is 2. The predicted molar refractivity (Wildman–Crippen MR) is 68.6 cm³/mol. The Labute approximate surface area is 103 Å². The molecule has 92 valence electrons. The van der Waals surface area contributed by atoms with Gasteiger partial charge in [0, 0.05) is 0 Å². The van der Waals surface area contributed by atoms with E-state index in [1.165, 1.54) is 11.1 Å². The zero-order valence-electron chi connectivity index (χ0n) is 10.5. The number of aliphatic hydroxyl groups is 1. The molecule has 2 rings (SSSR count). The van der Waals surface area contributed by atoms with Crippen molar-refractivity contribution in [2.75, 3.05) is 0 Å². The van der Waals surface area contributed by atoms with Crippen LogP contribution in [0.2, 0.25) is 0 Å². The summed E-state index contributed by atoms with van der Waals surface area (Å²) in [7, 11) is 0. The highest BCUT2D eigenvalue weighted by Crippen LogP contribution is 2.37. The Balaban J connectivity index is 2.23. The van der Waals surface area contributed by atoms with Gasteiger partial charge in [0.1, 0.15) is 0 Å². The van der Waals surface area contributed by atoms with Crippen LogP contribution in [-0.2, 0) is 11.2 Å². The Morgan fingerprint density at radius 1 is 1.47 bits per heavy atom. The topological polar surface area (TPSA) is 29.5 Å². The lowest BCUT2D eigenvalue weighted by atomic mass is 9.82. The average Bonchev–Trinajstić information content (AvgIpc) is 2.32. The summed E-state index contributed by atoms with van der Waals surface area (Å²) in [4.78, 5) is 0. The van der Waals surface area contributed by atoms with Crippen molar-refractivity contribution in [1.29, 1.82) is 0 Å². The average molecular weight is 232 g/mol. The number of rotatable bonds is 3. The molecule has 0 spiro atoms. The van der Waals surface area contributed by atoms with E-state index in [-0.39, 0.29) is 6.10 Å². The molecule has 2 heteroatoms. The number of fused-ring (bicyclic) bond motifs is 1. The molecular weight excluding hydrogens is 212 g/mol. The quantitative estimate of drug-likeness (QED) is 0.640. The first-order valence-electron chi connectivity index (χ1n) is 6.16. The number of aryl methyl sites for hydroxylation is 1. The highest BCUT2D eigenvalue weighted by molar-refractivity contribution is 5.32. The lowest BCUT2D eigenvalue weighted by molar-refractivity contribution is -0.133. The molecule has 1 aliphatic carbocycles. The van der Waals surface area contributed by atoms with Gasteiger partial charge in [-0.25, -0.2) is 0 Å². The molecule has 2 nitrogen and oxygen atoms in total. The van der Waals surface area contributed by atoms with Crippen LogP contribution in [0.3, 0.4) is 0 Å². The third kappa shape index (κ3) is 2.59. The first-order valence-corrected chi connectivity index (χ1v) is 6.16. The van der Waals surface area contributed by atoms with Gasteiger partial charge in [0.2, 0.25) is 0 Å². The first-order chi connectivity index (χ1) is 8.09. The van der Waals surface area contributed by atoms with E-state index in [1.807, 2.05) is 6.07 Å². The van der Waals surface area contributed by atoms with E-state index in [9.17, 15) is 5.11 Å². The molecule has 1 aromatic carbocycles. The Morgan fingerprint density at radius 3 is 2.88 bits per heavy atom. The van der Waals surface area contributed by atoms with Crippen molar-refractivity contribution in [2.45, 2.75) is 39.1 Å². The summed E-state index contributed by atoms with van der Waals surface area (Å²) in [6, 6.07) is 8.33. The summed E-state index contributed by atoms with van der Waals surface area (Å²) in [5.41, 5.74) is 3.20. The van der Waals surface area contributed by atoms with Crippen LogP contribution in [0.25, 0.3) is 0 Å². The monoisotopic (exact) mass is 232 g/mol. The molecule has 1 aromatic rings. The molecule has 1 N–H and O–H groups in total. The predicted octanol–water partition coefficient (Wildman–Crippen LogP) is 3.22. The molecule has 0 fully saturated rings. The van der Waals surface area contributed by atoms with Crippen molar-refractivity contribution >= 4 is 0 Å². The molecular formula is C15H20O2. The van der Waals surface area contributed by atoms with E-state index in [4.69, 9.17) is 4.74 Å². The summed E-state index contributed by atoms with van der Waals surface area (Å²) >= 11 is 0. The molecule has 0 aromatic heterocycles. The maximum absolute atomic E-state index is 9.80. The van der Waals surface area contributed by atoms with Crippen molar-refractivity contribution in [3.05, 3.63) is 47.5 Å². The molecule has 0 amide bonds. The number of ether oxygens (including phenoxy) is 1. The number of aliphatic hydroxyl groups excluding tert-OH is 1. The zero-order valence-corrected chi connectivity index (χ0v) is 10.5. The molecule has 0 heterocycles. The molecule has 0 radical (unpaired) electrons. The molecule has 0 bridgehead atoms. The van der Waals surface area contributed by atoms with E-state index in [0.29, 0.717) is 11.5 Å². The van der Waals surface area contributed by atoms with E-state index < -0.39 is 6.29 Å². The van der Waals surface area contributed by atoms with Gasteiger partial charge in [0.05, 0.1) is 6.10 Å². The Kier molecular flexibility index (Phi) is 3.65. The summed E-state index contributed by atoms with van der Waals surface area (Å²) in [5.74, 6) is 0.430. The lowest BCUT2D eigenvalue weighted by Crippen LogP contribution is -2.26. The van der Waals surface area contributed by atoms with Gasteiger partial charge in [-0.15, -0.1) is 0 Å². The molecule has 3 unspecified atom stereocenters. The van der Waals surface area contributed by atoms with E-state index in [0.717, 1.165) is 12.8 Å². The van der Waals surface area contributed by atoms with Gasteiger partial charge in [-0.2, -0.15) is 0 Å². The van der Waals surface area contributed by atoms with E-state index >= 15 is 0 Å². The van der Waals surface area contributed by atoms with Crippen molar-refractivity contribution in [2.24, 2.45) is 5.92 Å². The SMILES string of the molecule is C=C(C)C(O)OC1c2ccccc2CCC1C. The van der Waals surface area contributed by atoms with Crippen molar-refractivity contribution in [3.8, 4) is 0 Å². The standard InChI is InChI=1S/C15H20O2/c1-10(2)15(16)17-14-11(3)8-9-12-6-4-5-7-13(12)14/h4-7,11,14-16H,1,8-9H2,2-3H3. The van der Waals surface area contributed by atoms with Crippen molar-refractivity contribution < 1.29 is 9.84 Å². The second kappa shape index (κ2) is 5.03. The fraction of sp³-hybridized carbons (Fsp3) is 0.467. The Morgan fingerprint density at radius 2 is 2.18 bits per heavy atom. The summed E-state index contributed by atoms with van der Waals surface area (Å²) < 4.78 is 5.75. The van der Waals surface area contributed by atoms with Crippen LogP contribution in [0.1, 0.15) is 37.5 Å². The van der Waals surface area contributed by atoms with Crippen LogP contribution in [0.15, 0.2) is 36.4 Å². The van der Waals surface area contributed by atoms with Crippen molar-refractivity contribution in [3.63, 3.8) is 0 Å². The van der Waals surface area contributed by atoms with Gasteiger partial charge >= 0.3 is 0 Å². The molecule has 3 atom stereocenters. The third-order valence-corrected chi connectivity index (χ3v) is 3.44. The van der Waals surface area contributed by atoms with Gasteiger partial charge < -0.3 is 9.84 Å². The van der Waals surface area contributed by atoms with Crippen LogP contribution >= 0.6 is 0 Å². The normalized spacial score (nSPS) is 25.1. The van der Waals surface area contributed by atoms with Crippen LogP contribution in [0.4, 0.5) is 0 Å². The molecule has 0 saturated heterocycles. The summed E-state index contributed by atoms with van der Waals surface area (Å²) in [6.45, 7) is 7.68. The minimum absolute atomic E-state index is 0.0216. The van der Waals surface area contributed by atoms with Gasteiger partial charge in [0.25, 0.3) is 0 Å². The van der Waals surface area contributed by atoms with Crippen LogP contribution in [-0.4, -0.2) is 11.4 Å². The van der Waals surface area contributed by atoms with Gasteiger partial charge in [-0.1, -0.05) is 37.8 Å². The van der Waals surface area contributed by atoms with E-state index in [1.54, 1.807) is 6.92 Å². The fourth-order valence-corrected chi connectivity index (χ4v) is 2.34.